The molecule has 70 valence electrons. The summed E-state index contributed by atoms with van der Waals surface area (Å²) in [7, 11) is -0.235. The molecule has 0 aliphatic rings. The van der Waals surface area contributed by atoms with Gasteiger partial charge >= 0.3 is 0 Å². The minimum absolute atomic E-state index is 0.234. The van der Waals surface area contributed by atoms with Crippen LogP contribution < -0.4 is 0 Å². The molecule has 0 aliphatic carbocycles. The van der Waals surface area contributed by atoms with Crippen LogP contribution in [0.25, 0.3) is 0 Å². The van der Waals surface area contributed by atoms with E-state index in [1.165, 1.54) is 0 Å². The van der Waals surface area contributed by atoms with Gasteiger partial charge in [0.05, 0.1) is 15.7 Å². The van der Waals surface area contributed by atoms with Gasteiger partial charge in [0, 0.05) is 6.04 Å². The molecule has 0 aliphatic heterocycles. The van der Waals surface area contributed by atoms with Gasteiger partial charge in [-0.2, -0.15) is 0 Å². The maximum Gasteiger partial charge on any atom is 0.198 e. The van der Waals surface area contributed by atoms with E-state index in [9.17, 15) is 9.13 Å². The molecule has 0 rings (SSSR count). The number of nitrogens with zero attached hydrogens (tertiary/aromatic N) is 1. The summed E-state index contributed by atoms with van der Waals surface area (Å²) in [4.78, 5) is 0. The fraction of sp³-hybridized carbons (Fsp3) is 1.00. The normalized spacial score (nSPS) is 16.7. The lowest BCUT2D eigenvalue weighted by Gasteiger charge is -2.26. The van der Waals surface area contributed by atoms with E-state index in [2.05, 4.69) is 0 Å². The van der Waals surface area contributed by atoms with Crippen molar-refractivity contribution in [3.8, 4) is 0 Å². The zero-order chi connectivity index (χ0) is 9.72. The van der Waals surface area contributed by atoms with Crippen molar-refractivity contribution in [3.63, 3.8) is 0 Å². The highest BCUT2D eigenvalue weighted by atomic mass is 31.2. The third kappa shape index (κ3) is 3.51. The Kier molecular flexibility index (Phi) is 6.35. The first-order valence-corrected chi connectivity index (χ1v) is 8.06. The zero-order valence-corrected chi connectivity index (χ0v) is 10.3. The monoisotopic (exact) mass is 207 g/mol. The summed E-state index contributed by atoms with van der Waals surface area (Å²) in [5.74, 6) is 0. The van der Waals surface area contributed by atoms with Crippen molar-refractivity contribution in [3.05, 3.63) is 0 Å². The second kappa shape index (κ2) is 6.07. The summed E-state index contributed by atoms with van der Waals surface area (Å²) in [5.41, 5.74) is 0. The SMILES string of the molecule is B[PH](=O)N(C(CC)CC)[PH](B)=O. The third-order valence-corrected chi connectivity index (χ3v) is 5.96. The largest absolute Gasteiger partial charge is 0.321 e. The Morgan fingerprint density at radius 2 is 1.50 bits per heavy atom. The number of hydrogen-bond acceptors (Lipinski definition) is 2. The van der Waals surface area contributed by atoms with Crippen molar-refractivity contribution in [2.24, 2.45) is 0 Å². The molecule has 0 bridgehead atoms. The van der Waals surface area contributed by atoms with Crippen LogP contribution in [0, 0.1) is 0 Å². The van der Waals surface area contributed by atoms with E-state index < -0.39 is 15.7 Å². The van der Waals surface area contributed by atoms with Crippen molar-refractivity contribution in [1.29, 1.82) is 0 Å². The molecule has 7 heteroatoms. The molecule has 0 fully saturated rings. The van der Waals surface area contributed by atoms with Gasteiger partial charge in [0.15, 0.2) is 15.1 Å². The van der Waals surface area contributed by atoms with Gasteiger partial charge in [-0.3, -0.25) is 0 Å². The van der Waals surface area contributed by atoms with Crippen molar-refractivity contribution in [2.45, 2.75) is 32.7 Å². The lowest BCUT2D eigenvalue weighted by Crippen LogP contribution is -2.21. The minimum atomic E-state index is -1.78. The first kappa shape index (κ1) is 12.5. The molecule has 0 aromatic rings. The van der Waals surface area contributed by atoms with Crippen LogP contribution >= 0.6 is 15.7 Å². The molecular formula is C5H17B2NO2P2. The van der Waals surface area contributed by atoms with Crippen LogP contribution in [0.5, 0.6) is 0 Å². The Labute approximate surface area is 77.7 Å². The fourth-order valence-corrected chi connectivity index (χ4v) is 4.92. The molecule has 12 heavy (non-hydrogen) atoms. The van der Waals surface area contributed by atoms with Crippen LogP contribution in [-0.4, -0.2) is 25.6 Å². The van der Waals surface area contributed by atoms with Gasteiger partial charge in [0.2, 0.25) is 0 Å². The number of hydrogen-bond donors (Lipinski definition) is 0. The Bertz CT molecular complexity index is 172. The summed E-state index contributed by atoms with van der Waals surface area (Å²) < 4.78 is 24.3. The minimum Gasteiger partial charge on any atom is -0.321 e. The molecule has 0 N–H and O–H groups in total. The maximum absolute atomic E-state index is 11.3. The summed E-state index contributed by atoms with van der Waals surface area (Å²) in [5, 5.41) is 0. The predicted octanol–water partition coefficient (Wildman–Crippen LogP) is 0.523. The molecule has 3 nitrogen and oxygen atoms in total. The predicted molar refractivity (Wildman–Crippen MR) is 61.3 cm³/mol. The molecule has 2 unspecified atom stereocenters. The van der Waals surface area contributed by atoms with Crippen molar-refractivity contribution >= 4 is 30.8 Å². The Balaban J connectivity index is 4.47. The Morgan fingerprint density at radius 1 is 1.17 bits per heavy atom. The highest BCUT2D eigenvalue weighted by molar-refractivity contribution is 7.82. The van der Waals surface area contributed by atoms with E-state index in [0.717, 1.165) is 12.8 Å². The lowest BCUT2D eigenvalue weighted by molar-refractivity contribution is 0.429. The van der Waals surface area contributed by atoms with Crippen LogP contribution in [0.15, 0.2) is 0 Å². The van der Waals surface area contributed by atoms with Crippen molar-refractivity contribution < 1.29 is 9.13 Å². The summed E-state index contributed by atoms with van der Waals surface area (Å²) >= 11 is 0. The molecule has 0 amide bonds. The van der Waals surface area contributed by atoms with E-state index >= 15 is 0 Å². The van der Waals surface area contributed by atoms with E-state index in [-0.39, 0.29) is 6.04 Å². The second-order valence-corrected chi connectivity index (χ2v) is 6.37. The first-order valence-electron chi connectivity index (χ1n) is 4.34. The summed E-state index contributed by atoms with van der Waals surface area (Å²) in [6.45, 7) is 4.08. The lowest BCUT2D eigenvalue weighted by atomic mass is 10.2. The van der Waals surface area contributed by atoms with Gasteiger partial charge in [0.1, 0.15) is 0 Å². The van der Waals surface area contributed by atoms with Gasteiger partial charge in [-0.15, -0.1) is 0 Å². The van der Waals surface area contributed by atoms with E-state index in [1.54, 1.807) is 19.6 Å². The van der Waals surface area contributed by atoms with Crippen LogP contribution in [0.1, 0.15) is 26.7 Å². The van der Waals surface area contributed by atoms with E-state index in [0.29, 0.717) is 0 Å². The molecule has 0 radical (unpaired) electrons. The van der Waals surface area contributed by atoms with Crippen LogP contribution in [0.4, 0.5) is 0 Å². The van der Waals surface area contributed by atoms with Crippen molar-refractivity contribution in [1.82, 2.24) is 4.44 Å². The highest BCUT2D eigenvalue weighted by Gasteiger charge is 2.19. The standard InChI is InChI=1S/C5H17B2NO2P2/c1-3-5(4-2)8(11(6)9)12(7)10/h5,11-12H,3-4,6-7H2,1-2H3. The maximum atomic E-state index is 11.3. The van der Waals surface area contributed by atoms with Gasteiger partial charge in [-0.1, -0.05) is 13.8 Å². The van der Waals surface area contributed by atoms with E-state index in [1.807, 2.05) is 13.8 Å². The first-order chi connectivity index (χ1) is 5.54. The number of rotatable bonds is 5. The summed E-state index contributed by atoms with van der Waals surface area (Å²) in [6, 6.07) is 0.234. The smallest absolute Gasteiger partial charge is 0.198 e. The van der Waals surface area contributed by atoms with Crippen LogP contribution in [0.2, 0.25) is 0 Å². The van der Waals surface area contributed by atoms with Crippen LogP contribution in [-0.2, 0) is 9.13 Å². The van der Waals surface area contributed by atoms with Gasteiger partial charge < -0.3 is 9.13 Å². The Morgan fingerprint density at radius 3 is 1.58 bits per heavy atom. The third-order valence-electron chi connectivity index (χ3n) is 1.99. The molecular weight excluding hydrogens is 190 g/mol. The van der Waals surface area contributed by atoms with Gasteiger partial charge in [-0.25, -0.2) is 4.44 Å². The van der Waals surface area contributed by atoms with Gasteiger partial charge in [0.25, 0.3) is 0 Å². The zero-order valence-electron chi connectivity index (χ0n) is 8.26. The molecule has 0 spiro atoms. The molecule has 0 aromatic carbocycles. The van der Waals surface area contributed by atoms with Gasteiger partial charge in [-0.05, 0) is 12.8 Å². The average Bonchev–Trinajstić information content (AvgIpc) is 1.98. The summed E-state index contributed by atoms with van der Waals surface area (Å²) in [6.07, 6.45) is 1.84. The second-order valence-electron chi connectivity index (χ2n) is 2.88. The molecule has 0 aromatic heterocycles. The van der Waals surface area contributed by atoms with E-state index in [4.69, 9.17) is 0 Å². The quantitative estimate of drug-likeness (QED) is 0.487. The average molecular weight is 207 g/mol. The van der Waals surface area contributed by atoms with Crippen LogP contribution in [0.3, 0.4) is 0 Å². The Hall–Kier alpha value is 0.550. The van der Waals surface area contributed by atoms with Crippen molar-refractivity contribution in [2.75, 3.05) is 0 Å². The topological polar surface area (TPSA) is 37.4 Å². The molecule has 0 saturated heterocycles. The molecule has 2 atom stereocenters. The molecule has 0 saturated carbocycles. The highest BCUT2D eigenvalue weighted by Crippen LogP contribution is 2.40. The fourth-order valence-electron chi connectivity index (χ4n) is 1.39. The molecule has 0 heterocycles.